The molecule has 0 saturated carbocycles. The highest BCUT2D eigenvalue weighted by Gasteiger charge is 2.19. The van der Waals surface area contributed by atoms with E-state index in [0.717, 1.165) is 30.2 Å². The third-order valence-electron chi connectivity index (χ3n) is 2.83. The molecular formula is C12H17NO2. The van der Waals surface area contributed by atoms with Crippen LogP contribution in [0, 0.1) is 5.92 Å². The van der Waals surface area contributed by atoms with Gasteiger partial charge in [-0.1, -0.05) is 6.92 Å². The summed E-state index contributed by atoms with van der Waals surface area (Å²) in [5.41, 5.74) is 2.40. The van der Waals surface area contributed by atoms with Crippen molar-refractivity contribution in [1.29, 1.82) is 0 Å². The zero-order chi connectivity index (χ0) is 10.8. The van der Waals surface area contributed by atoms with Crippen LogP contribution < -0.4 is 14.8 Å². The first kappa shape index (κ1) is 10.1. The molecule has 1 unspecified atom stereocenters. The molecule has 1 N–H and O–H groups in total. The van der Waals surface area contributed by atoms with Crippen molar-refractivity contribution >= 4 is 5.69 Å². The SMILES string of the molecule is COc1cc2c(c(OC)c1)CC(C)CN2. The number of benzene rings is 1. The summed E-state index contributed by atoms with van der Waals surface area (Å²) in [6.45, 7) is 3.25. The predicted octanol–water partition coefficient (Wildman–Crippen LogP) is 2.31. The molecule has 0 amide bonds. The number of hydrogen-bond acceptors (Lipinski definition) is 3. The molecule has 0 spiro atoms. The number of rotatable bonds is 2. The van der Waals surface area contributed by atoms with E-state index in [1.807, 2.05) is 12.1 Å². The van der Waals surface area contributed by atoms with Gasteiger partial charge in [-0.2, -0.15) is 0 Å². The highest BCUT2D eigenvalue weighted by atomic mass is 16.5. The van der Waals surface area contributed by atoms with Crippen molar-refractivity contribution in [2.24, 2.45) is 5.92 Å². The average molecular weight is 207 g/mol. The van der Waals surface area contributed by atoms with Gasteiger partial charge in [0.2, 0.25) is 0 Å². The van der Waals surface area contributed by atoms with Gasteiger partial charge in [-0.25, -0.2) is 0 Å². The average Bonchev–Trinajstić information content (AvgIpc) is 2.27. The topological polar surface area (TPSA) is 30.5 Å². The Bertz CT molecular complexity index is 346. The van der Waals surface area contributed by atoms with Gasteiger partial charge in [-0.3, -0.25) is 0 Å². The van der Waals surface area contributed by atoms with Crippen molar-refractivity contribution in [3.05, 3.63) is 17.7 Å². The molecule has 1 aromatic carbocycles. The minimum absolute atomic E-state index is 0.653. The zero-order valence-electron chi connectivity index (χ0n) is 9.46. The van der Waals surface area contributed by atoms with Crippen LogP contribution in [0.25, 0.3) is 0 Å². The number of ether oxygens (including phenoxy) is 2. The van der Waals surface area contributed by atoms with Crippen LogP contribution in [0.5, 0.6) is 11.5 Å². The summed E-state index contributed by atoms with van der Waals surface area (Å²) >= 11 is 0. The van der Waals surface area contributed by atoms with Crippen LogP contribution in [0.3, 0.4) is 0 Å². The molecule has 0 bridgehead atoms. The predicted molar refractivity (Wildman–Crippen MR) is 60.9 cm³/mol. The van der Waals surface area contributed by atoms with Gasteiger partial charge in [0.15, 0.2) is 0 Å². The summed E-state index contributed by atoms with van der Waals surface area (Å²) in [5, 5.41) is 3.40. The lowest BCUT2D eigenvalue weighted by Crippen LogP contribution is -2.21. The quantitative estimate of drug-likeness (QED) is 0.807. The Labute approximate surface area is 90.4 Å². The van der Waals surface area contributed by atoms with Crippen LogP contribution in [0.4, 0.5) is 5.69 Å². The van der Waals surface area contributed by atoms with Crippen molar-refractivity contribution < 1.29 is 9.47 Å². The van der Waals surface area contributed by atoms with E-state index in [2.05, 4.69) is 12.2 Å². The first-order valence-electron chi connectivity index (χ1n) is 5.23. The highest BCUT2D eigenvalue weighted by molar-refractivity contribution is 5.63. The van der Waals surface area contributed by atoms with Gasteiger partial charge in [0, 0.05) is 29.9 Å². The summed E-state index contributed by atoms with van der Waals surface area (Å²) < 4.78 is 10.6. The van der Waals surface area contributed by atoms with Crippen molar-refractivity contribution in [1.82, 2.24) is 0 Å². The summed E-state index contributed by atoms with van der Waals surface area (Å²) in [7, 11) is 3.38. The van der Waals surface area contributed by atoms with E-state index in [4.69, 9.17) is 9.47 Å². The molecule has 2 rings (SSSR count). The smallest absolute Gasteiger partial charge is 0.127 e. The van der Waals surface area contributed by atoms with Crippen molar-refractivity contribution in [3.63, 3.8) is 0 Å². The Morgan fingerprint density at radius 3 is 2.73 bits per heavy atom. The van der Waals surface area contributed by atoms with E-state index in [1.54, 1.807) is 14.2 Å². The molecule has 82 valence electrons. The Morgan fingerprint density at radius 2 is 2.07 bits per heavy atom. The fourth-order valence-corrected chi connectivity index (χ4v) is 1.99. The summed E-state index contributed by atoms with van der Waals surface area (Å²) in [5.74, 6) is 2.41. The van der Waals surface area contributed by atoms with E-state index >= 15 is 0 Å². The first-order chi connectivity index (χ1) is 7.24. The van der Waals surface area contributed by atoms with Crippen LogP contribution in [0.2, 0.25) is 0 Å². The van der Waals surface area contributed by atoms with Crippen molar-refractivity contribution in [2.75, 3.05) is 26.1 Å². The second kappa shape index (κ2) is 4.01. The van der Waals surface area contributed by atoms with Crippen LogP contribution in [-0.4, -0.2) is 20.8 Å². The van der Waals surface area contributed by atoms with Gasteiger partial charge in [-0.05, 0) is 12.3 Å². The molecular weight excluding hydrogens is 190 g/mol. The lowest BCUT2D eigenvalue weighted by atomic mass is 9.94. The van der Waals surface area contributed by atoms with Crippen molar-refractivity contribution in [3.8, 4) is 11.5 Å². The van der Waals surface area contributed by atoms with Gasteiger partial charge in [0.05, 0.1) is 14.2 Å². The molecule has 0 aromatic heterocycles. The highest BCUT2D eigenvalue weighted by Crippen LogP contribution is 2.36. The molecule has 1 heterocycles. The summed E-state index contributed by atoms with van der Waals surface area (Å²) in [6, 6.07) is 3.97. The molecule has 1 atom stereocenters. The Morgan fingerprint density at radius 1 is 1.27 bits per heavy atom. The lowest BCUT2D eigenvalue weighted by Gasteiger charge is -2.25. The number of fused-ring (bicyclic) bond motifs is 1. The normalized spacial score (nSPS) is 19.0. The molecule has 15 heavy (non-hydrogen) atoms. The van der Waals surface area contributed by atoms with Gasteiger partial charge >= 0.3 is 0 Å². The monoisotopic (exact) mass is 207 g/mol. The largest absolute Gasteiger partial charge is 0.497 e. The van der Waals surface area contributed by atoms with Gasteiger partial charge < -0.3 is 14.8 Å². The number of nitrogens with one attached hydrogen (secondary N) is 1. The van der Waals surface area contributed by atoms with Gasteiger partial charge in [-0.15, -0.1) is 0 Å². The molecule has 1 aliphatic rings. The molecule has 0 radical (unpaired) electrons. The van der Waals surface area contributed by atoms with Crippen molar-refractivity contribution in [2.45, 2.75) is 13.3 Å². The van der Waals surface area contributed by atoms with E-state index in [0.29, 0.717) is 5.92 Å². The van der Waals surface area contributed by atoms with Crippen LogP contribution in [-0.2, 0) is 6.42 Å². The second-order valence-electron chi connectivity index (χ2n) is 4.05. The van der Waals surface area contributed by atoms with E-state index < -0.39 is 0 Å². The Kier molecular flexibility index (Phi) is 2.71. The first-order valence-corrected chi connectivity index (χ1v) is 5.23. The maximum absolute atomic E-state index is 5.38. The molecule has 0 aliphatic carbocycles. The molecule has 3 nitrogen and oxygen atoms in total. The third kappa shape index (κ3) is 1.87. The second-order valence-corrected chi connectivity index (χ2v) is 4.05. The van der Waals surface area contributed by atoms with E-state index in [-0.39, 0.29) is 0 Å². The third-order valence-corrected chi connectivity index (χ3v) is 2.83. The van der Waals surface area contributed by atoms with Crippen LogP contribution in [0.15, 0.2) is 12.1 Å². The Balaban J connectivity index is 2.44. The van der Waals surface area contributed by atoms with Crippen LogP contribution >= 0.6 is 0 Å². The van der Waals surface area contributed by atoms with Crippen LogP contribution in [0.1, 0.15) is 12.5 Å². The van der Waals surface area contributed by atoms with Gasteiger partial charge in [0.25, 0.3) is 0 Å². The number of anilines is 1. The molecule has 0 saturated heterocycles. The fraction of sp³-hybridized carbons (Fsp3) is 0.500. The molecule has 3 heteroatoms. The lowest BCUT2D eigenvalue weighted by molar-refractivity contribution is 0.388. The zero-order valence-corrected chi connectivity index (χ0v) is 9.46. The fourth-order valence-electron chi connectivity index (χ4n) is 1.99. The Hall–Kier alpha value is -1.38. The summed E-state index contributed by atoms with van der Waals surface area (Å²) in [4.78, 5) is 0. The number of hydrogen-bond donors (Lipinski definition) is 1. The molecule has 1 aromatic rings. The minimum atomic E-state index is 0.653. The van der Waals surface area contributed by atoms with E-state index in [1.165, 1.54) is 5.56 Å². The van der Waals surface area contributed by atoms with E-state index in [9.17, 15) is 0 Å². The molecule has 0 fully saturated rings. The van der Waals surface area contributed by atoms with Gasteiger partial charge in [0.1, 0.15) is 11.5 Å². The standard InChI is InChI=1S/C12H17NO2/c1-8-4-10-11(13-7-8)5-9(14-2)6-12(10)15-3/h5-6,8,13H,4,7H2,1-3H3. The maximum atomic E-state index is 5.38. The number of methoxy groups -OCH3 is 2. The minimum Gasteiger partial charge on any atom is -0.497 e. The summed E-state index contributed by atoms with van der Waals surface area (Å²) in [6.07, 6.45) is 1.06. The maximum Gasteiger partial charge on any atom is 0.127 e. The molecule has 1 aliphatic heterocycles.